The Morgan fingerprint density at radius 2 is 1.52 bits per heavy atom. The molecule has 2 saturated carbocycles. The van der Waals surface area contributed by atoms with Gasteiger partial charge in [0.2, 0.25) is 0 Å². The summed E-state index contributed by atoms with van der Waals surface area (Å²) < 4.78 is 0. The number of pyridine rings is 1. The summed E-state index contributed by atoms with van der Waals surface area (Å²) in [5.41, 5.74) is 1.14. The molecule has 0 atom stereocenters. The highest BCUT2D eigenvalue weighted by atomic mass is 35.5. The Hall–Kier alpha value is -0.600. The van der Waals surface area contributed by atoms with Crippen molar-refractivity contribution in [2.24, 2.45) is 0 Å². The van der Waals surface area contributed by atoms with Crippen LogP contribution >= 0.6 is 11.6 Å². The summed E-state index contributed by atoms with van der Waals surface area (Å²) in [7, 11) is 0. The Kier molecular flexibility index (Phi) is 5.54. The zero-order valence-electron chi connectivity index (χ0n) is 12.9. The molecule has 2 nitrogen and oxygen atoms in total. The Bertz CT molecular complexity index is 419. The number of nitrogens with zero attached hydrogens (tertiary/aromatic N) is 2. The van der Waals surface area contributed by atoms with Gasteiger partial charge in [0.25, 0.3) is 0 Å². The maximum Gasteiger partial charge on any atom is 0.0558 e. The second-order valence-corrected chi connectivity index (χ2v) is 7.16. The molecule has 0 saturated heterocycles. The van der Waals surface area contributed by atoms with Crippen LogP contribution in [0.4, 0.5) is 0 Å². The molecule has 1 heterocycles. The van der Waals surface area contributed by atoms with Crippen LogP contribution in [0.2, 0.25) is 5.02 Å². The Morgan fingerprint density at radius 1 is 0.952 bits per heavy atom. The van der Waals surface area contributed by atoms with Gasteiger partial charge in [0, 0.05) is 29.8 Å². The lowest BCUT2D eigenvalue weighted by Crippen LogP contribution is -2.44. The molecule has 0 aromatic carbocycles. The molecule has 21 heavy (non-hydrogen) atoms. The Balaban J connectivity index is 1.73. The van der Waals surface area contributed by atoms with E-state index in [2.05, 4.69) is 9.88 Å². The quantitative estimate of drug-likeness (QED) is 0.760. The van der Waals surface area contributed by atoms with Gasteiger partial charge in [-0.25, -0.2) is 0 Å². The molecule has 0 spiro atoms. The molecule has 1 aromatic heterocycles. The van der Waals surface area contributed by atoms with Gasteiger partial charge in [-0.3, -0.25) is 9.88 Å². The van der Waals surface area contributed by atoms with Crippen LogP contribution in [-0.4, -0.2) is 22.0 Å². The van der Waals surface area contributed by atoms with Crippen LogP contribution in [0.15, 0.2) is 18.3 Å². The average molecular weight is 307 g/mol. The van der Waals surface area contributed by atoms with Gasteiger partial charge in [-0.15, -0.1) is 0 Å². The predicted octanol–water partition coefficient (Wildman–Crippen LogP) is 5.20. The highest BCUT2D eigenvalue weighted by Crippen LogP contribution is 2.31. The molecule has 0 aliphatic heterocycles. The maximum atomic E-state index is 6.14. The first-order chi connectivity index (χ1) is 10.3. The first-order valence-electron chi connectivity index (χ1n) is 8.69. The third-order valence-electron chi connectivity index (χ3n) is 5.21. The fraction of sp³-hybridized carbons (Fsp3) is 0.722. The van der Waals surface area contributed by atoms with E-state index in [1.807, 2.05) is 18.3 Å². The van der Waals surface area contributed by atoms with E-state index in [0.29, 0.717) is 0 Å². The third kappa shape index (κ3) is 4.20. The molecule has 1 aromatic rings. The molecule has 2 fully saturated rings. The largest absolute Gasteiger partial charge is 0.292 e. The van der Waals surface area contributed by atoms with Gasteiger partial charge in [-0.05, 0) is 37.8 Å². The fourth-order valence-corrected chi connectivity index (χ4v) is 4.29. The van der Waals surface area contributed by atoms with Crippen molar-refractivity contribution in [3.63, 3.8) is 0 Å². The molecule has 3 heteroatoms. The van der Waals surface area contributed by atoms with E-state index in [1.54, 1.807) is 0 Å². The lowest BCUT2D eigenvalue weighted by molar-refractivity contribution is 0.0719. The summed E-state index contributed by atoms with van der Waals surface area (Å²) in [6.07, 6.45) is 15.8. The normalized spacial score (nSPS) is 21.8. The molecule has 3 rings (SSSR count). The van der Waals surface area contributed by atoms with Crippen LogP contribution in [0, 0.1) is 0 Å². The van der Waals surface area contributed by atoms with Crippen LogP contribution in [0.5, 0.6) is 0 Å². The Labute approximate surface area is 133 Å². The number of halogens is 1. The van der Waals surface area contributed by atoms with Crippen molar-refractivity contribution < 1.29 is 0 Å². The molecule has 0 unspecified atom stereocenters. The minimum atomic E-state index is 0.766. The van der Waals surface area contributed by atoms with Crippen LogP contribution in [0.1, 0.15) is 69.9 Å². The van der Waals surface area contributed by atoms with Crippen LogP contribution in [0.3, 0.4) is 0 Å². The number of hydrogen-bond donors (Lipinski definition) is 0. The maximum absolute atomic E-state index is 6.14. The van der Waals surface area contributed by atoms with E-state index in [1.165, 1.54) is 64.2 Å². The van der Waals surface area contributed by atoms with Crippen LogP contribution in [-0.2, 0) is 6.54 Å². The van der Waals surface area contributed by atoms with E-state index in [9.17, 15) is 0 Å². The van der Waals surface area contributed by atoms with Crippen molar-refractivity contribution in [1.82, 2.24) is 9.88 Å². The van der Waals surface area contributed by atoms with Gasteiger partial charge >= 0.3 is 0 Å². The first kappa shape index (κ1) is 15.3. The SMILES string of the molecule is Clc1ccnc(CN(C2CCCCC2)C2CCCCC2)c1. The third-order valence-corrected chi connectivity index (χ3v) is 5.45. The summed E-state index contributed by atoms with van der Waals surface area (Å²) in [6, 6.07) is 5.45. The highest BCUT2D eigenvalue weighted by Gasteiger charge is 2.29. The average Bonchev–Trinajstić information content (AvgIpc) is 2.54. The summed E-state index contributed by atoms with van der Waals surface area (Å²) in [5.74, 6) is 0. The molecule has 0 N–H and O–H groups in total. The van der Waals surface area contributed by atoms with Gasteiger partial charge in [0.1, 0.15) is 0 Å². The monoisotopic (exact) mass is 306 g/mol. The number of aromatic nitrogens is 1. The van der Waals surface area contributed by atoms with Gasteiger partial charge in [0.05, 0.1) is 5.69 Å². The zero-order chi connectivity index (χ0) is 14.5. The van der Waals surface area contributed by atoms with Gasteiger partial charge in [0.15, 0.2) is 0 Å². The van der Waals surface area contributed by atoms with E-state index in [0.717, 1.165) is 29.3 Å². The van der Waals surface area contributed by atoms with Gasteiger partial charge in [-0.2, -0.15) is 0 Å². The van der Waals surface area contributed by atoms with Crippen molar-refractivity contribution in [1.29, 1.82) is 0 Å². The Morgan fingerprint density at radius 3 is 2.05 bits per heavy atom. The van der Waals surface area contributed by atoms with Gasteiger partial charge in [-0.1, -0.05) is 50.1 Å². The molecule has 0 radical (unpaired) electrons. The predicted molar refractivity (Wildman–Crippen MR) is 88.5 cm³/mol. The molecular weight excluding hydrogens is 280 g/mol. The lowest BCUT2D eigenvalue weighted by atomic mass is 9.88. The van der Waals surface area contributed by atoms with Crippen LogP contribution in [0.25, 0.3) is 0 Å². The summed E-state index contributed by atoms with van der Waals surface area (Å²) in [5, 5.41) is 0.812. The van der Waals surface area contributed by atoms with Crippen molar-refractivity contribution >= 4 is 11.6 Å². The molecule has 0 amide bonds. The molecular formula is C18H27ClN2. The lowest BCUT2D eigenvalue weighted by Gasteiger charge is -2.41. The fourth-order valence-electron chi connectivity index (χ4n) is 4.10. The molecule has 2 aliphatic carbocycles. The number of rotatable bonds is 4. The molecule has 116 valence electrons. The summed E-state index contributed by atoms with van der Waals surface area (Å²) >= 11 is 6.14. The first-order valence-corrected chi connectivity index (χ1v) is 9.07. The zero-order valence-corrected chi connectivity index (χ0v) is 13.7. The highest BCUT2D eigenvalue weighted by molar-refractivity contribution is 6.30. The number of hydrogen-bond acceptors (Lipinski definition) is 2. The second kappa shape index (κ2) is 7.60. The van der Waals surface area contributed by atoms with E-state index < -0.39 is 0 Å². The minimum absolute atomic E-state index is 0.766. The second-order valence-electron chi connectivity index (χ2n) is 6.72. The van der Waals surface area contributed by atoms with E-state index in [-0.39, 0.29) is 0 Å². The molecule has 2 aliphatic rings. The van der Waals surface area contributed by atoms with Crippen molar-refractivity contribution in [3.8, 4) is 0 Å². The molecule has 0 bridgehead atoms. The smallest absolute Gasteiger partial charge is 0.0558 e. The van der Waals surface area contributed by atoms with E-state index in [4.69, 9.17) is 11.6 Å². The summed E-state index contributed by atoms with van der Waals surface area (Å²) in [6.45, 7) is 0.982. The topological polar surface area (TPSA) is 16.1 Å². The van der Waals surface area contributed by atoms with Crippen molar-refractivity contribution in [2.45, 2.75) is 82.8 Å². The van der Waals surface area contributed by atoms with Crippen LogP contribution < -0.4 is 0 Å². The van der Waals surface area contributed by atoms with Gasteiger partial charge < -0.3 is 0 Å². The van der Waals surface area contributed by atoms with E-state index >= 15 is 0 Å². The van der Waals surface area contributed by atoms with Crippen molar-refractivity contribution in [3.05, 3.63) is 29.0 Å². The minimum Gasteiger partial charge on any atom is -0.292 e. The summed E-state index contributed by atoms with van der Waals surface area (Å²) in [4.78, 5) is 7.32. The standard InChI is InChI=1S/C18H27ClN2/c19-15-11-12-20-16(13-15)14-21(17-7-3-1-4-8-17)18-9-5-2-6-10-18/h11-13,17-18H,1-10,14H2. The van der Waals surface area contributed by atoms with Crippen molar-refractivity contribution in [2.75, 3.05) is 0 Å².